The summed E-state index contributed by atoms with van der Waals surface area (Å²) in [5, 5.41) is 13.6. The Morgan fingerprint density at radius 2 is 1.73 bits per heavy atom. The molecule has 4 rings (SSSR count). The molecule has 5 heteroatoms. The number of nitrogens with zero attached hydrogens (tertiary/aromatic N) is 2. The number of nitrogens with one attached hydrogen (secondary N) is 1. The van der Waals surface area contributed by atoms with Gasteiger partial charge in [0.05, 0.1) is 6.04 Å². The van der Waals surface area contributed by atoms with Crippen LogP contribution in [0.1, 0.15) is 35.3 Å². The number of nitriles is 1. The van der Waals surface area contributed by atoms with E-state index in [9.17, 15) is 14.4 Å². The first kappa shape index (κ1) is 22.0. The summed E-state index contributed by atoms with van der Waals surface area (Å²) in [4.78, 5) is 12.9. The molecule has 0 radical (unpaired) electrons. The van der Waals surface area contributed by atoms with E-state index in [4.69, 9.17) is 0 Å². The van der Waals surface area contributed by atoms with Crippen LogP contribution in [-0.2, 0) is 11.3 Å². The predicted octanol–water partition coefficient (Wildman–Crippen LogP) is 5.92. The van der Waals surface area contributed by atoms with Crippen molar-refractivity contribution in [3.63, 3.8) is 0 Å². The summed E-state index contributed by atoms with van der Waals surface area (Å²) in [5.74, 6) is -0.686. The first-order valence-corrected chi connectivity index (χ1v) is 10.8. The van der Waals surface area contributed by atoms with Crippen molar-refractivity contribution in [1.29, 1.82) is 5.26 Å². The molecule has 1 aromatic heterocycles. The highest BCUT2D eigenvalue weighted by molar-refractivity contribution is 6.04. The number of benzene rings is 3. The molecule has 0 saturated carbocycles. The number of halogens is 1. The summed E-state index contributed by atoms with van der Waals surface area (Å²) in [6, 6.07) is 25.8. The molecule has 164 valence electrons. The Morgan fingerprint density at radius 1 is 1.06 bits per heavy atom. The van der Waals surface area contributed by atoms with Gasteiger partial charge in [0.2, 0.25) is 0 Å². The third kappa shape index (κ3) is 4.70. The van der Waals surface area contributed by atoms with Gasteiger partial charge in [-0.25, -0.2) is 4.39 Å². The number of amides is 1. The molecule has 3 aromatic carbocycles. The van der Waals surface area contributed by atoms with Gasteiger partial charge in [0, 0.05) is 28.7 Å². The van der Waals surface area contributed by atoms with Gasteiger partial charge in [-0.3, -0.25) is 4.79 Å². The van der Waals surface area contributed by atoms with E-state index in [1.807, 2.05) is 68.4 Å². The second-order valence-electron chi connectivity index (χ2n) is 8.00. The first-order valence-electron chi connectivity index (χ1n) is 10.8. The molecule has 4 aromatic rings. The number of aromatic nitrogens is 1. The highest BCUT2D eigenvalue weighted by Gasteiger charge is 2.17. The molecule has 0 unspecified atom stereocenters. The summed E-state index contributed by atoms with van der Waals surface area (Å²) >= 11 is 0. The van der Waals surface area contributed by atoms with E-state index in [0.29, 0.717) is 6.54 Å². The standard InChI is InChI=1S/C28H24FN3O/c1-19(22-8-4-3-5-9-22)31-28(33)23(17-30)16-26-20(2)32(27-11-7-6-10-25(26)27)18-21-12-14-24(29)15-13-21/h3-16,19H,18H2,1-2H3,(H,31,33)/b23-16+/t19-/m0/s1. The summed E-state index contributed by atoms with van der Waals surface area (Å²) in [6.07, 6.45) is 1.66. The lowest BCUT2D eigenvalue weighted by atomic mass is 10.1. The zero-order valence-electron chi connectivity index (χ0n) is 18.5. The van der Waals surface area contributed by atoms with Gasteiger partial charge < -0.3 is 9.88 Å². The van der Waals surface area contributed by atoms with E-state index >= 15 is 0 Å². The minimum atomic E-state index is -0.413. The molecular weight excluding hydrogens is 413 g/mol. The van der Waals surface area contributed by atoms with Gasteiger partial charge in [0.1, 0.15) is 17.5 Å². The van der Waals surface area contributed by atoms with Gasteiger partial charge in [-0.1, -0.05) is 60.7 Å². The van der Waals surface area contributed by atoms with Crippen LogP contribution in [0.25, 0.3) is 17.0 Å². The Bertz CT molecular complexity index is 1360. The molecule has 0 aliphatic rings. The largest absolute Gasteiger partial charge is 0.345 e. The normalized spacial score (nSPS) is 12.4. The van der Waals surface area contributed by atoms with Crippen LogP contribution in [0.4, 0.5) is 4.39 Å². The number of rotatable bonds is 6. The van der Waals surface area contributed by atoms with Crippen LogP contribution in [0.2, 0.25) is 0 Å². The highest BCUT2D eigenvalue weighted by Crippen LogP contribution is 2.29. The molecule has 1 amide bonds. The topological polar surface area (TPSA) is 57.8 Å². The number of carbonyl (C=O) groups excluding carboxylic acids is 1. The van der Waals surface area contributed by atoms with Gasteiger partial charge in [-0.2, -0.15) is 5.26 Å². The van der Waals surface area contributed by atoms with E-state index in [1.165, 1.54) is 12.1 Å². The van der Waals surface area contributed by atoms with Crippen molar-refractivity contribution in [2.45, 2.75) is 26.4 Å². The Labute approximate surface area is 192 Å². The molecule has 1 atom stereocenters. The fourth-order valence-corrected chi connectivity index (χ4v) is 4.01. The van der Waals surface area contributed by atoms with Gasteiger partial charge >= 0.3 is 0 Å². The highest BCUT2D eigenvalue weighted by atomic mass is 19.1. The minimum Gasteiger partial charge on any atom is -0.345 e. The Morgan fingerprint density at radius 3 is 2.42 bits per heavy atom. The maximum atomic E-state index is 13.3. The number of hydrogen-bond donors (Lipinski definition) is 1. The van der Waals surface area contributed by atoms with Crippen molar-refractivity contribution in [3.8, 4) is 6.07 Å². The number of fused-ring (bicyclic) bond motifs is 1. The Hall–Kier alpha value is -4.17. The van der Waals surface area contributed by atoms with Gasteiger partial charge in [-0.15, -0.1) is 0 Å². The SMILES string of the molecule is Cc1c(/C=C(\C#N)C(=O)N[C@@H](C)c2ccccc2)c2ccccc2n1Cc1ccc(F)cc1. The summed E-state index contributed by atoms with van der Waals surface area (Å²) < 4.78 is 15.5. The summed E-state index contributed by atoms with van der Waals surface area (Å²) in [7, 11) is 0. The van der Waals surface area contributed by atoms with E-state index in [0.717, 1.165) is 33.3 Å². The lowest BCUT2D eigenvalue weighted by Crippen LogP contribution is -2.27. The van der Waals surface area contributed by atoms with Crippen LogP contribution in [0.3, 0.4) is 0 Å². The van der Waals surface area contributed by atoms with Crippen LogP contribution in [-0.4, -0.2) is 10.5 Å². The monoisotopic (exact) mass is 437 g/mol. The Kier molecular flexibility index (Phi) is 6.37. The minimum absolute atomic E-state index is 0.0468. The molecule has 1 N–H and O–H groups in total. The molecular formula is C28H24FN3O. The first-order chi connectivity index (χ1) is 16.0. The van der Waals surface area contributed by atoms with E-state index < -0.39 is 5.91 Å². The van der Waals surface area contributed by atoms with Crippen LogP contribution >= 0.6 is 0 Å². The molecule has 0 fully saturated rings. The smallest absolute Gasteiger partial charge is 0.262 e. The van der Waals surface area contributed by atoms with Crippen LogP contribution in [0.15, 0.2) is 84.4 Å². The molecule has 0 aliphatic carbocycles. The van der Waals surface area contributed by atoms with Crippen molar-refractivity contribution < 1.29 is 9.18 Å². The zero-order valence-corrected chi connectivity index (χ0v) is 18.5. The zero-order chi connectivity index (χ0) is 23.4. The van der Waals surface area contributed by atoms with Crippen LogP contribution < -0.4 is 5.32 Å². The van der Waals surface area contributed by atoms with Gasteiger partial charge in [0.15, 0.2) is 0 Å². The summed E-state index contributed by atoms with van der Waals surface area (Å²) in [5.41, 5.74) is 4.72. The molecule has 0 spiro atoms. The third-order valence-corrected chi connectivity index (χ3v) is 5.83. The molecule has 0 aliphatic heterocycles. The van der Waals surface area contributed by atoms with Crippen molar-refractivity contribution in [1.82, 2.24) is 9.88 Å². The van der Waals surface area contributed by atoms with Crippen molar-refractivity contribution in [2.24, 2.45) is 0 Å². The van der Waals surface area contributed by atoms with E-state index in [2.05, 4.69) is 16.0 Å². The van der Waals surface area contributed by atoms with Gasteiger partial charge in [-0.05, 0) is 49.2 Å². The lowest BCUT2D eigenvalue weighted by Gasteiger charge is -2.13. The summed E-state index contributed by atoms with van der Waals surface area (Å²) in [6.45, 7) is 4.41. The van der Waals surface area contributed by atoms with E-state index in [1.54, 1.807) is 18.2 Å². The number of para-hydroxylation sites is 1. The van der Waals surface area contributed by atoms with Crippen molar-refractivity contribution >= 4 is 22.9 Å². The molecule has 0 bridgehead atoms. The molecule has 4 nitrogen and oxygen atoms in total. The molecule has 1 heterocycles. The van der Waals surface area contributed by atoms with Crippen LogP contribution in [0, 0.1) is 24.1 Å². The van der Waals surface area contributed by atoms with Crippen molar-refractivity contribution in [3.05, 3.63) is 113 Å². The average molecular weight is 438 g/mol. The third-order valence-electron chi connectivity index (χ3n) is 5.83. The van der Waals surface area contributed by atoms with Gasteiger partial charge in [0.25, 0.3) is 5.91 Å². The second-order valence-corrected chi connectivity index (χ2v) is 8.00. The molecule has 0 saturated heterocycles. The van der Waals surface area contributed by atoms with E-state index in [-0.39, 0.29) is 17.4 Å². The fourth-order valence-electron chi connectivity index (χ4n) is 4.01. The maximum absolute atomic E-state index is 13.3. The number of carbonyl (C=O) groups is 1. The lowest BCUT2D eigenvalue weighted by molar-refractivity contribution is -0.117. The van der Waals surface area contributed by atoms with Crippen LogP contribution in [0.5, 0.6) is 0 Å². The maximum Gasteiger partial charge on any atom is 0.262 e. The Balaban J connectivity index is 1.69. The molecule has 33 heavy (non-hydrogen) atoms. The average Bonchev–Trinajstić information content (AvgIpc) is 3.10. The van der Waals surface area contributed by atoms with Crippen molar-refractivity contribution in [2.75, 3.05) is 0 Å². The quantitative estimate of drug-likeness (QED) is 0.301. The predicted molar refractivity (Wildman–Crippen MR) is 129 cm³/mol. The second kappa shape index (κ2) is 9.54. The fraction of sp³-hybridized carbons (Fsp3) is 0.143. The number of hydrogen-bond acceptors (Lipinski definition) is 2.